The Hall–Kier alpha value is -3.98. The van der Waals surface area contributed by atoms with Crippen LogP contribution >= 0.6 is 23.3 Å². The van der Waals surface area contributed by atoms with E-state index in [-0.39, 0.29) is 22.4 Å². The zero-order valence-electron chi connectivity index (χ0n) is 18.2. The molecule has 2 aliphatic heterocycles. The van der Waals surface area contributed by atoms with Crippen molar-refractivity contribution in [2.24, 2.45) is 5.16 Å². The lowest BCUT2D eigenvalue weighted by molar-refractivity contribution is -0.576. The molecule has 2 aliphatic rings. The number of β-lactam (4-membered cyclic amide) rings is 1. The first kappa shape index (κ1) is 22.8. The van der Waals surface area contributed by atoms with Gasteiger partial charge in [0.2, 0.25) is 17.1 Å². The van der Waals surface area contributed by atoms with Crippen molar-refractivity contribution < 1.29 is 28.8 Å². The first-order chi connectivity index (χ1) is 16.9. The van der Waals surface area contributed by atoms with Crippen LogP contribution in [0, 0.1) is 0 Å². The average Bonchev–Trinajstić information content (AvgIpc) is 3.46. The summed E-state index contributed by atoms with van der Waals surface area (Å²) in [6.45, 7) is 0. The Kier molecular flexibility index (Phi) is 5.86. The second kappa shape index (κ2) is 8.99. The normalized spacial score (nSPS) is 20.0. The van der Waals surface area contributed by atoms with Crippen LogP contribution in [0.25, 0.3) is 5.52 Å². The van der Waals surface area contributed by atoms with Crippen molar-refractivity contribution in [2.45, 2.75) is 17.8 Å². The Balaban J connectivity index is 1.37. The van der Waals surface area contributed by atoms with Crippen molar-refractivity contribution in [3.63, 3.8) is 0 Å². The van der Waals surface area contributed by atoms with Crippen LogP contribution in [0.15, 0.2) is 47.0 Å². The van der Waals surface area contributed by atoms with E-state index in [1.807, 2.05) is 35.1 Å². The fourth-order valence-electron chi connectivity index (χ4n) is 4.05. The number of amides is 2. The predicted octanol–water partition coefficient (Wildman–Crippen LogP) is -0.481. The largest absolute Gasteiger partial charge is 0.477 e. The molecule has 0 saturated carbocycles. The molecule has 5 rings (SSSR count). The first-order valence-electron chi connectivity index (χ1n) is 10.3. The highest BCUT2D eigenvalue weighted by Gasteiger charge is 2.54. The highest BCUT2D eigenvalue weighted by atomic mass is 32.2. The standard InChI is InChI=1S/C20H18N8O5S2/c1-33-25-12(15-24-20(21)35-26-15)16(29)23-13-17(30)28-14(19(31)32)10(8-34-18(13)28)6-9-7-22-27-5-3-2-4-11(9)27/h2-5,7,13,18H,6,8H2,1H3,(H4,21,23,24,26,29,31,32)/p+1/b25-12-/t13-,18-/m1/s1. The maximum absolute atomic E-state index is 13.0. The number of rotatable bonds is 7. The number of pyridine rings is 1. The minimum Gasteiger partial charge on any atom is -0.477 e. The number of nitrogens with one attached hydrogen (secondary N) is 2. The van der Waals surface area contributed by atoms with E-state index in [1.54, 1.807) is 0 Å². The van der Waals surface area contributed by atoms with Crippen molar-refractivity contribution in [3.8, 4) is 0 Å². The lowest BCUT2D eigenvalue weighted by Crippen LogP contribution is -2.71. The number of thioether (sulfide) groups is 1. The molecule has 3 aromatic rings. The van der Waals surface area contributed by atoms with Gasteiger partial charge in [-0.15, -0.1) is 11.8 Å². The number of aliphatic carboxylic acids is 1. The number of nitrogen functional groups attached to an aromatic ring is 1. The van der Waals surface area contributed by atoms with Crippen LogP contribution in [0.3, 0.4) is 0 Å². The fraction of sp³-hybridized carbons (Fsp3) is 0.250. The molecule has 180 valence electrons. The van der Waals surface area contributed by atoms with Crippen LogP contribution in [0.4, 0.5) is 5.13 Å². The number of hydrogen-bond donors (Lipinski definition) is 4. The molecule has 2 atom stereocenters. The SMILES string of the molecule is CO/N=C(\C(=O)N[C@@H]1C(=O)N2C(C(=O)O)=C(Cc3c[nH][n+]4ccccc34)CS[C@H]12)c1nsc(N)n1. The molecule has 0 unspecified atom stereocenters. The number of oxime groups is 1. The molecule has 0 bridgehead atoms. The molecule has 0 radical (unpaired) electrons. The number of carbonyl (C=O) groups excluding carboxylic acids is 2. The minimum atomic E-state index is -1.19. The van der Waals surface area contributed by atoms with Crippen LogP contribution in [-0.2, 0) is 25.6 Å². The van der Waals surface area contributed by atoms with E-state index in [0.29, 0.717) is 17.7 Å². The Morgan fingerprint density at radius 1 is 1.46 bits per heavy atom. The predicted molar refractivity (Wildman–Crippen MR) is 125 cm³/mol. The topological polar surface area (TPSA) is 180 Å². The van der Waals surface area contributed by atoms with E-state index in [4.69, 9.17) is 10.6 Å². The molecule has 5 N–H and O–H groups in total. The second-order valence-electron chi connectivity index (χ2n) is 7.63. The highest BCUT2D eigenvalue weighted by Crippen LogP contribution is 2.41. The minimum absolute atomic E-state index is 0.0308. The Morgan fingerprint density at radius 3 is 3.00 bits per heavy atom. The number of carbonyl (C=O) groups is 3. The highest BCUT2D eigenvalue weighted by molar-refractivity contribution is 8.00. The molecule has 35 heavy (non-hydrogen) atoms. The van der Waals surface area contributed by atoms with Gasteiger partial charge >= 0.3 is 5.97 Å². The smallest absolute Gasteiger partial charge is 0.352 e. The summed E-state index contributed by atoms with van der Waals surface area (Å²) >= 11 is 2.27. The number of carboxylic acid groups (broad SMARTS) is 1. The summed E-state index contributed by atoms with van der Waals surface area (Å²) in [6, 6.07) is 4.76. The third kappa shape index (κ3) is 3.97. The van der Waals surface area contributed by atoms with E-state index in [9.17, 15) is 19.5 Å². The van der Waals surface area contributed by atoms with Gasteiger partial charge in [-0.05, 0) is 11.6 Å². The third-order valence-electron chi connectivity index (χ3n) is 5.56. The van der Waals surface area contributed by atoms with Gasteiger partial charge < -0.3 is 21.0 Å². The number of hydrogen-bond acceptors (Lipinski definition) is 10. The van der Waals surface area contributed by atoms with Crippen molar-refractivity contribution in [1.82, 2.24) is 24.7 Å². The molecule has 3 aromatic heterocycles. The summed E-state index contributed by atoms with van der Waals surface area (Å²) < 4.78 is 5.79. The zero-order valence-corrected chi connectivity index (χ0v) is 19.8. The van der Waals surface area contributed by atoms with Crippen LogP contribution < -0.4 is 15.6 Å². The maximum Gasteiger partial charge on any atom is 0.352 e. The van der Waals surface area contributed by atoms with E-state index in [2.05, 4.69) is 24.9 Å². The summed E-state index contributed by atoms with van der Waals surface area (Å²) in [5.74, 6) is -2.10. The van der Waals surface area contributed by atoms with Gasteiger partial charge in [0.25, 0.3) is 11.8 Å². The third-order valence-corrected chi connectivity index (χ3v) is 7.44. The molecule has 0 aromatic carbocycles. The van der Waals surface area contributed by atoms with Gasteiger partial charge in [-0.25, -0.2) is 4.79 Å². The number of fused-ring (bicyclic) bond motifs is 2. The fourth-order valence-corrected chi connectivity index (χ4v) is 5.83. The van der Waals surface area contributed by atoms with Gasteiger partial charge in [-0.1, -0.05) is 9.67 Å². The van der Waals surface area contributed by atoms with Crippen LogP contribution in [0.2, 0.25) is 0 Å². The molecule has 5 heterocycles. The molecular weight excluding hydrogens is 496 g/mol. The second-order valence-corrected chi connectivity index (χ2v) is 9.52. The average molecular weight is 516 g/mol. The van der Waals surface area contributed by atoms with Crippen molar-refractivity contribution >= 4 is 57.4 Å². The molecule has 0 aliphatic carbocycles. The van der Waals surface area contributed by atoms with Gasteiger partial charge in [0.15, 0.2) is 11.3 Å². The van der Waals surface area contributed by atoms with Gasteiger partial charge in [-0.3, -0.25) is 14.5 Å². The Bertz CT molecular complexity index is 1410. The number of aromatic nitrogens is 4. The van der Waals surface area contributed by atoms with E-state index in [0.717, 1.165) is 22.6 Å². The summed E-state index contributed by atoms with van der Waals surface area (Å²) in [5, 5.41) is 18.9. The van der Waals surface area contributed by atoms with Crippen LogP contribution in [0.1, 0.15) is 11.4 Å². The quantitative estimate of drug-likeness (QED) is 0.140. The number of nitrogens with zero attached hydrogens (tertiary/aromatic N) is 5. The number of H-pyrrole nitrogens is 1. The summed E-state index contributed by atoms with van der Waals surface area (Å²) in [4.78, 5) is 47.9. The lowest BCUT2D eigenvalue weighted by Gasteiger charge is -2.49. The molecule has 0 spiro atoms. The molecule has 1 fully saturated rings. The lowest BCUT2D eigenvalue weighted by atomic mass is 9.99. The monoisotopic (exact) mass is 515 g/mol. The Morgan fingerprint density at radius 2 is 2.29 bits per heavy atom. The maximum atomic E-state index is 13.0. The summed E-state index contributed by atoms with van der Waals surface area (Å²) in [7, 11) is 1.26. The zero-order chi connectivity index (χ0) is 24.7. The van der Waals surface area contributed by atoms with Crippen molar-refractivity contribution in [2.75, 3.05) is 18.6 Å². The van der Waals surface area contributed by atoms with Gasteiger partial charge in [0.05, 0.1) is 11.8 Å². The van der Waals surface area contributed by atoms with Crippen molar-refractivity contribution in [1.29, 1.82) is 0 Å². The molecule has 15 heteroatoms. The summed E-state index contributed by atoms with van der Waals surface area (Å²) in [6.07, 6.45) is 4.04. The number of aromatic amines is 1. The summed E-state index contributed by atoms with van der Waals surface area (Å²) in [5.41, 5.74) is 7.73. The van der Waals surface area contributed by atoms with E-state index >= 15 is 0 Å². The van der Waals surface area contributed by atoms with Gasteiger partial charge in [0.1, 0.15) is 24.2 Å². The van der Waals surface area contributed by atoms with E-state index < -0.39 is 29.2 Å². The first-order valence-corrected chi connectivity index (χ1v) is 12.1. The number of anilines is 1. The molecule has 1 saturated heterocycles. The van der Waals surface area contributed by atoms with Gasteiger partial charge in [0, 0.05) is 35.8 Å². The number of carboxylic acids is 1. The van der Waals surface area contributed by atoms with Crippen LogP contribution in [0.5, 0.6) is 0 Å². The molecule has 13 nitrogen and oxygen atoms in total. The number of nitrogens with two attached hydrogens (primary N) is 1. The van der Waals surface area contributed by atoms with Crippen LogP contribution in [-0.4, -0.2) is 72.2 Å². The van der Waals surface area contributed by atoms with Gasteiger partial charge in [-0.2, -0.15) is 14.5 Å². The van der Waals surface area contributed by atoms with Crippen molar-refractivity contribution in [3.05, 3.63) is 53.3 Å². The molecular formula is C20H19N8O5S2+. The van der Waals surface area contributed by atoms with E-state index in [1.165, 1.54) is 23.8 Å². The Labute approximate surface area is 205 Å². The molecule has 2 amide bonds.